The Labute approximate surface area is 137 Å². The predicted molar refractivity (Wildman–Crippen MR) is 78.4 cm³/mol. The molecule has 1 aromatic heterocycles. The molecule has 1 radical (unpaired) electrons. The van der Waals surface area contributed by atoms with Gasteiger partial charge in [0, 0.05) is 53.2 Å². The standard InChI is InChI=1S/C11H11ClN2O3S.Na/c1-14-6-9(13-18(2,16)17)11(15)8-4-3-7(12)5-10(8)14;/h3-6,13H,1-2H3;. The molecule has 2 rings (SSSR count). The van der Waals surface area contributed by atoms with Gasteiger partial charge in [-0.25, -0.2) is 8.42 Å². The number of halogens is 1. The summed E-state index contributed by atoms with van der Waals surface area (Å²) in [7, 11) is -1.77. The van der Waals surface area contributed by atoms with Gasteiger partial charge >= 0.3 is 0 Å². The van der Waals surface area contributed by atoms with Crippen molar-refractivity contribution in [3.05, 3.63) is 39.6 Å². The predicted octanol–water partition coefficient (Wildman–Crippen LogP) is 1.18. The summed E-state index contributed by atoms with van der Waals surface area (Å²) in [4.78, 5) is 12.1. The molecule has 2 aromatic rings. The van der Waals surface area contributed by atoms with Gasteiger partial charge in [0.05, 0.1) is 11.8 Å². The van der Waals surface area contributed by atoms with E-state index in [0.717, 1.165) is 6.26 Å². The summed E-state index contributed by atoms with van der Waals surface area (Å²) in [6.07, 6.45) is 2.43. The molecule has 0 bridgehead atoms. The van der Waals surface area contributed by atoms with E-state index in [1.54, 1.807) is 29.8 Å². The van der Waals surface area contributed by atoms with Crippen molar-refractivity contribution in [2.75, 3.05) is 11.0 Å². The molecule has 0 aliphatic rings. The van der Waals surface area contributed by atoms with Crippen LogP contribution in [0.1, 0.15) is 0 Å². The van der Waals surface area contributed by atoms with Gasteiger partial charge in [0.2, 0.25) is 15.5 Å². The zero-order valence-corrected chi connectivity index (χ0v) is 14.3. The number of benzene rings is 1. The molecule has 1 heterocycles. The van der Waals surface area contributed by atoms with Crippen LogP contribution in [0.3, 0.4) is 0 Å². The number of pyridine rings is 1. The Bertz CT molecular complexity index is 786. The molecule has 0 saturated carbocycles. The Morgan fingerprint density at radius 2 is 1.95 bits per heavy atom. The molecule has 0 atom stereocenters. The summed E-state index contributed by atoms with van der Waals surface area (Å²) in [5, 5.41) is 0.928. The molecule has 97 valence electrons. The van der Waals surface area contributed by atoms with Crippen molar-refractivity contribution < 1.29 is 8.42 Å². The number of fused-ring (bicyclic) bond motifs is 1. The van der Waals surface area contributed by atoms with Crippen LogP contribution in [0.25, 0.3) is 10.9 Å². The minimum absolute atomic E-state index is 0. The minimum Gasteiger partial charge on any atom is -0.348 e. The van der Waals surface area contributed by atoms with Crippen molar-refractivity contribution in [1.29, 1.82) is 0 Å². The topological polar surface area (TPSA) is 68.2 Å². The average Bonchev–Trinajstić information content (AvgIpc) is 2.23. The van der Waals surface area contributed by atoms with Crippen molar-refractivity contribution in [2.24, 2.45) is 7.05 Å². The van der Waals surface area contributed by atoms with Gasteiger partial charge in [-0.3, -0.25) is 9.52 Å². The van der Waals surface area contributed by atoms with Gasteiger partial charge in [0.25, 0.3) is 0 Å². The number of hydrogen-bond donors (Lipinski definition) is 1. The van der Waals surface area contributed by atoms with Crippen molar-refractivity contribution in [3.63, 3.8) is 0 Å². The van der Waals surface area contributed by atoms with E-state index in [4.69, 9.17) is 11.6 Å². The summed E-state index contributed by atoms with van der Waals surface area (Å²) < 4.78 is 26.2. The first kappa shape index (κ1) is 16.5. The van der Waals surface area contributed by atoms with E-state index in [2.05, 4.69) is 4.72 Å². The molecule has 19 heavy (non-hydrogen) atoms. The van der Waals surface area contributed by atoms with Crippen LogP contribution in [0.5, 0.6) is 0 Å². The van der Waals surface area contributed by atoms with E-state index in [0.29, 0.717) is 15.9 Å². The maximum absolute atomic E-state index is 12.1. The first-order valence-electron chi connectivity index (χ1n) is 5.04. The second kappa shape index (κ2) is 5.85. The van der Waals surface area contributed by atoms with Gasteiger partial charge < -0.3 is 4.57 Å². The molecule has 0 fully saturated rings. The van der Waals surface area contributed by atoms with Crippen LogP contribution in [-0.2, 0) is 17.1 Å². The molecule has 0 amide bonds. The number of hydrogen-bond acceptors (Lipinski definition) is 3. The first-order chi connectivity index (χ1) is 8.28. The molecule has 0 spiro atoms. The van der Waals surface area contributed by atoms with Gasteiger partial charge in [-0.2, -0.15) is 0 Å². The number of nitrogens with one attached hydrogen (secondary N) is 1. The van der Waals surface area contributed by atoms with E-state index >= 15 is 0 Å². The normalized spacial score (nSPS) is 11.1. The van der Waals surface area contributed by atoms with E-state index < -0.39 is 10.0 Å². The van der Waals surface area contributed by atoms with Gasteiger partial charge in [-0.15, -0.1) is 0 Å². The smallest absolute Gasteiger partial charge is 0.229 e. The Morgan fingerprint density at radius 1 is 1.32 bits per heavy atom. The fourth-order valence-electron chi connectivity index (χ4n) is 1.73. The second-order valence-corrected chi connectivity index (χ2v) is 6.20. The molecule has 0 aliphatic carbocycles. The molecule has 1 N–H and O–H groups in total. The zero-order valence-electron chi connectivity index (χ0n) is 10.8. The van der Waals surface area contributed by atoms with E-state index in [-0.39, 0.29) is 40.7 Å². The average molecular weight is 310 g/mol. The number of aromatic nitrogens is 1. The summed E-state index contributed by atoms with van der Waals surface area (Å²) in [6, 6.07) is 4.82. The molecule has 5 nitrogen and oxygen atoms in total. The number of sulfonamides is 1. The maximum atomic E-state index is 12.1. The molecule has 0 aliphatic heterocycles. The molecule has 0 unspecified atom stereocenters. The number of anilines is 1. The van der Waals surface area contributed by atoms with Crippen molar-refractivity contribution in [3.8, 4) is 0 Å². The maximum Gasteiger partial charge on any atom is 0.229 e. The van der Waals surface area contributed by atoms with Crippen molar-refractivity contribution in [2.45, 2.75) is 0 Å². The molecule has 1 aromatic carbocycles. The van der Waals surface area contributed by atoms with Crippen LogP contribution in [0.2, 0.25) is 5.02 Å². The summed E-state index contributed by atoms with van der Waals surface area (Å²) in [6.45, 7) is 0. The molecule has 8 heteroatoms. The first-order valence-corrected chi connectivity index (χ1v) is 7.31. The largest absolute Gasteiger partial charge is 0.348 e. The molecular formula is C11H11ClN2NaO3S. The zero-order chi connectivity index (χ0) is 13.5. The quantitative estimate of drug-likeness (QED) is 0.847. The third-order valence-electron chi connectivity index (χ3n) is 2.45. The summed E-state index contributed by atoms with van der Waals surface area (Å²) in [5.74, 6) is 0. The van der Waals surface area contributed by atoms with Crippen LogP contribution in [0.4, 0.5) is 5.69 Å². The minimum atomic E-state index is -3.48. The van der Waals surface area contributed by atoms with Crippen LogP contribution in [0.15, 0.2) is 29.2 Å². The fourth-order valence-corrected chi connectivity index (χ4v) is 2.44. The van der Waals surface area contributed by atoms with Crippen molar-refractivity contribution in [1.82, 2.24) is 4.57 Å². The molecular weight excluding hydrogens is 299 g/mol. The Balaban J connectivity index is 0.00000180. The SMILES string of the molecule is Cn1cc(NS(C)(=O)=O)c(=O)c2ccc(Cl)cc21.[Na]. The number of aryl methyl sites for hydroxylation is 1. The van der Waals surface area contributed by atoms with Gasteiger partial charge in [0.1, 0.15) is 5.69 Å². The van der Waals surface area contributed by atoms with Crippen LogP contribution < -0.4 is 10.2 Å². The van der Waals surface area contributed by atoms with E-state index in [1.165, 1.54) is 6.20 Å². The van der Waals surface area contributed by atoms with Crippen LogP contribution >= 0.6 is 11.6 Å². The monoisotopic (exact) mass is 309 g/mol. The van der Waals surface area contributed by atoms with Crippen molar-refractivity contribution >= 4 is 67.8 Å². The third-order valence-corrected chi connectivity index (χ3v) is 3.27. The fraction of sp³-hybridized carbons (Fsp3) is 0.182. The number of nitrogens with zero attached hydrogens (tertiary/aromatic N) is 1. The Morgan fingerprint density at radius 3 is 2.53 bits per heavy atom. The van der Waals surface area contributed by atoms with Gasteiger partial charge in [-0.05, 0) is 18.2 Å². The van der Waals surface area contributed by atoms with Gasteiger partial charge in [0.15, 0.2) is 0 Å². The van der Waals surface area contributed by atoms with Crippen LogP contribution in [0, 0.1) is 0 Å². The summed E-state index contributed by atoms with van der Waals surface area (Å²) in [5.41, 5.74) is 0.298. The Kier molecular flexibility index (Phi) is 5.08. The van der Waals surface area contributed by atoms with E-state index in [9.17, 15) is 13.2 Å². The van der Waals surface area contributed by atoms with Crippen LogP contribution in [-0.4, -0.2) is 48.8 Å². The third kappa shape index (κ3) is 3.73. The Hall–Kier alpha value is -0.530. The summed E-state index contributed by atoms with van der Waals surface area (Å²) >= 11 is 5.86. The molecule has 0 saturated heterocycles. The van der Waals surface area contributed by atoms with E-state index in [1.807, 2.05) is 0 Å². The number of rotatable bonds is 2. The van der Waals surface area contributed by atoms with Gasteiger partial charge in [-0.1, -0.05) is 11.6 Å². The second-order valence-electron chi connectivity index (χ2n) is 4.02.